The first-order valence-electron chi connectivity index (χ1n) is 6.39. The zero-order valence-electron chi connectivity index (χ0n) is 11.9. The topological polar surface area (TPSA) is 145 Å². The van der Waals surface area contributed by atoms with Crippen molar-refractivity contribution in [1.82, 2.24) is 0 Å². The first kappa shape index (κ1) is 17.5. The molecule has 4 N–H and O–H groups in total. The Morgan fingerprint density at radius 3 is 2.00 bits per heavy atom. The molecule has 2 aromatic carbocycles. The van der Waals surface area contributed by atoms with Crippen molar-refractivity contribution >= 4 is 21.4 Å². The van der Waals surface area contributed by atoms with Gasteiger partial charge in [-0.3, -0.25) is 13.9 Å². The van der Waals surface area contributed by atoms with Crippen LogP contribution in [0.1, 0.15) is 0 Å². The van der Waals surface area contributed by atoms with E-state index in [4.69, 9.17) is 21.9 Å². The molecule has 1 heterocycles. The Labute approximate surface area is 135 Å². The first-order valence-corrected chi connectivity index (χ1v) is 7.78. The molecule has 126 valence electrons. The molecule has 0 aliphatic rings. The Kier molecular flexibility index (Phi) is 4.88. The van der Waals surface area contributed by atoms with Crippen LogP contribution >= 0.6 is 0 Å². The Morgan fingerprint density at radius 1 is 0.875 bits per heavy atom. The lowest BCUT2D eigenvalue weighted by Crippen LogP contribution is -2.04. The molecule has 0 aliphatic heterocycles. The molecule has 9 heteroatoms. The van der Waals surface area contributed by atoms with Crippen molar-refractivity contribution in [2.24, 2.45) is 0 Å². The second-order valence-corrected chi connectivity index (χ2v) is 5.55. The van der Waals surface area contributed by atoms with E-state index in [-0.39, 0.29) is 16.9 Å². The van der Waals surface area contributed by atoms with E-state index in [0.29, 0.717) is 22.1 Å². The zero-order chi connectivity index (χ0) is 17.9. The molecule has 24 heavy (non-hydrogen) atoms. The highest BCUT2D eigenvalue weighted by atomic mass is 32.3. The molecule has 0 saturated carbocycles. The highest BCUT2D eigenvalue weighted by Crippen LogP contribution is 2.23. The summed E-state index contributed by atoms with van der Waals surface area (Å²) in [7, 11) is -4.67. The van der Waals surface area contributed by atoms with E-state index in [1.165, 1.54) is 36.6 Å². The molecule has 8 nitrogen and oxygen atoms in total. The summed E-state index contributed by atoms with van der Waals surface area (Å²) < 4.78 is 36.9. The lowest BCUT2D eigenvalue weighted by Gasteiger charge is -2.03. The van der Waals surface area contributed by atoms with E-state index in [1.807, 2.05) is 0 Å². The first-order chi connectivity index (χ1) is 11.1. The largest absolute Gasteiger partial charge is 0.508 e. The van der Waals surface area contributed by atoms with Crippen molar-refractivity contribution in [3.63, 3.8) is 0 Å². The number of aromatic hydroxyl groups is 2. The van der Waals surface area contributed by atoms with E-state index in [2.05, 4.69) is 0 Å². The predicted molar refractivity (Wildman–Crippen MR) is 85.4 cm³/mol. The number of phenolic OH excluding ortho intramolecular Hbond substituents is 2. The molecule has 0 atom stereocenters. The maximum Gasteiger partial charge on any atom is 0.394 e. The molecule has 0 unspecified atom stereocenters. The van der Waals surface area contributed by atoms with Crippen molar-refractivity contribution in [3.8, 4) is 22.6 Å². The van der Waals surface area contributed by atoms with Gasteiger partial charge >= 0.3 is 10.4 Å². The van der Waals surface area contributed by atoms with Crippen LogP contribution in [0.2, 0.25) is 0 Å². The molecule has 0 amide bonds. The highest BCUT2D eigenvalue weighted by Gasteiger charge is 2.09. The second-order valence-electron chi connectivity index (χ2n) is 4.65. The van der Waals surface area contributed by atoms with E-state index >= 15 is 0 Å². The average Bonchev–Trinajstić information content (AvgIpc) is 2.47. The molecule has 0 spiro atoms. The minimum absolute atomic E-state index is 0.0491. The second kappa shape index (κ2) is 6.71. The van der Waals surface area contributed by atoms with Gasteiger partial charge in [-0.25, -0.2) is 0 Å². The van der Waals surface area contributed by atoms with Gasteiger partial charge in [0, 0.05) is 6.07 Å². The van der Waals surface area contributed by atoms with Gasteiger partial charge in [-0.05, 0) is 29.8 Å². The Balaban J connectivity index is 0.000000368. The molecule has 3 aromatic rings. The summed E-state index contributed by atoms with van der Waals surface area (Å²) in [5.41, 5.74) is 1.25. The van der Waals surface area contributed by atoms with Gasteiger partial charge in [0.1, 0.15) is 23.3 Å². The van der Waals surface area contributed by atoms with Gasteiger partial charge in [0.2, 0.25) is 0 Å². The standard InChI is InChI=1S/C15H10O4.H2O4S/c16-10-3-1-9(2-4-10)13-8-19-14-7-11(17)5-6-12(14)15(13)18;1-5(2,3)4/h1-8,16-17H;(H2,1,2,3,4). The fraction of sp³-hybridized carbons (Fsp3) is 0. The van der Waals surface area contributed by atoms with E-state index < -0.39 is 10.4 Å². The molecule has 0 saturated heterocycles. The van der Waals surface area contributed by atoms with E-state index in [0.717, 1.165) is 0 Å². The molecular weight excluding hydrogens is 340 g/mol. The van der Waals surface area contributed by atoms with E-state index in [9.17, 15) is 15.0 Å². The number of hydrogen-bond acceptors (Lipinski definition) is 6. The fourth-order valence-corrected chi connectivity index (χ4v) is 1.96. The van der Waals surface area contributed by atoms with Crippen LogP contribution in [0.25, 0.3) is 22.1 Å². The third kappa shape index (κ3) is 4.56. The molecule has 0 aliphatic carbocycles. The third-order valence-electron chi connectivity index (χ3n) is 2.94. The monoisotopic (exact) mass is 352 g/mol. The quantitative estimate of drug-likeness (QED) is 0.488. The Hall–Kier alpha value is -2.88. The molecule has 0 bridgehead atoms. The summed E-state index contributed by atoms with van der Waals surface area (Å²) >= 11 is 0. The third-order valence-corrected chi connectivity index (χ3v) is 2.94. The van der Waals surface area contributed by atoms with Crippen molar-refractivity contribution in [2.75, 3.05) is 0 Å². The summed E-state index contributed by atoms with van der Waals surface area (Å²) in [5, 5.41) is 19.0. The maximum atomic E-state index is 12.3. The predicted octanol–water partition coefficient (Wildman–Crippen LogP) is 2.22. The number of hydrogen-bond donors (Lipinski definition) is 4. The Bertz CT molecular complexity index is 1010. The van der Waals surface area contributed by atoms with Crippen molar-refractivity contribution in [2.45, 2.75) is 0 Å². The summed E-state index contributed by atoms with van der Waals surface area (Å²) in [5.74, 6) is 0.187. The van der Waals surface area contributed by atoms with E-state index in [1.54, 1.807) is 12.1 Å². The van der Waals surface area contributed by atoms with Gasteiger partial charge in [-0.15, -0.1) is 0 Å². The maximum absolute atomic E-state index is 12.3. The van der Waals surface area contributed by atoms with Crippen LogP contribution in [0.3, 0.4) is 0 Å². The van der Waals surface area contributed by atoms with Crippen LogP contribution in [0, 0.1) is 0 Å². The van der Waals surface area contributed by atoms with Crippen LogP contribution in [-0.4, -0.2) is 27.7 Å². The van der Waals surface area contributed by atoms with Gasteiger partial charge in [0.15, 0.2) is 5.43 Å². The van der Waals surface area contributed by atoms with Crippen molar-refractivity contribution < 1.29 is 32.2 Å². The fourth-order valence-electron chi connectivity index (χ4n) is 1.96. The highest BCUT2D eigenvalue weighted by molar-refractivity contribution is 7.79. The van der Waals surface area contributed by atoms with Crippen molar-refractivity contribution in [3.05, 3.63) is 59.0 Å². The van der Waals surface area contributed by atoms with Crippen LogP contribution in [0.5, 0.6) is 11.5 Å². The minimum Gasteiger partial charge on any atom is -0.508 e. The van der Waals surface area contributed by atoms with Gasteiger partial charge in [-0.2, -0.15) is 8.42 Å². The lowest BCUT2D eigenvalue weighted by molar-refractivity contribution is 0.381. The molecule has 3 rings (SSSR count). The smallest absolute Gasteiger partial charge is 0.394 e. The minimum atomic E-state index is -4.67. The van der Waals surface area contributed by atoms with Crippen LogP contribution < -0.4 is 5.43 Å². The number of fused-ring (bicyclic) bond motifs is 1. The summed E-state index contributed by atoms with van der Waals surface area (Å²) in [4.78, 5) is 12.3. The van der Waals surface area contributed by atoms with Gasteiger partial charge in [0.05, 0.1) is 10.9 Å². The Morgan fingerprint density at radius 2 is 1.42 bits per heavy atom. The van der Waals surface area contributed by atoms with Gasteiger partial charge < -0.3 is 14.6 Å². The summed E-state index contributed by atoms with van der Waals surface area (Å²) in [6.07, 6.45) is 1.36. The number of benzene rings is 2. The van der Waals surface area contributed by atoms with Crippen LogP contribution in [-0.2, 0) is 10.4 Å². The number of rotatable bonds is 1. The van der Waals surface area contributed by atoms with Gasteiger partial charge in [0.25, 0.3) is 0 Å². The SMILES string of the molecule is O=S(=O)(O)O.O=c1c(-c2ccc(O)cc2)coc2cc(O)ccc12. The normalized spacial score (nSPS) is 10.9. The average molecular weight is 352 g/mol. The molecule has 0 radical (unpaired) electrons. The molecular formula is C15H12O8S. The van der Waals surface area contributed by atoms with Crippen molar-refractivity contribution in [1.29, 1.82) is 0 Å². The number of phenols is 2. The van der Waals surface area contributed by atoms with Crippen LogP contribution in [0.4, 0.5) is 0 Å². The zero-order valence-corrected chi connectivity index (χ0v) is 12.8. The molecule has 0 fully saturated rings. The lowest BCUT2D eigenvalue weighted by atomic mass is 10.1. The molecule has 1 aromatic heterocycles. The van der Waals surface area contributed by atoms with Crippen LogP contribution in [0.15, 0.2) is 57.9 Å². The summed E-state index contributed by atoms with van der Waals surface area (Å²) in [6, 6.07) is 10.7. The summed E-state index contributed by atoms with van der Waals surface area (Å²) in [6.45, 7) is 0. The van der Waals surface area contributed by atoms with Gasteiger partial charge in [-0.1, -0.05) is 12.1 Å².